The fourth-order valence-electron chi connectivity index (χ4n) is 3.02. The molecule has 12 heteroatoms. The molecule has 8 nitrogen and oxygen atoms in total. The van der Waals surface area contributed by atoms with E-state index < -0.39 is 33.1 Å². The zero-order chi connectivity index (χ0) is 21.9. The maximum Gasteiger partial charge on any atom is 0.573 e. The van der Waals surface area contributed by atoms with Gasteiger partial charge in [-0.2, -0.15) is 4.31 Å². The highest BCUT2D eigenvalue weighted by Crippen LogP contribution is 2.32. The maximum absolute atomic E-state index is 13.0. The number of halogens is 3. The molecule has 0 bridgehead atoms. The van der Waals surface area contributed by atoms with Crippen LogP contribution in [0.1, 0.15) is 12.8 Å². The van der Waals surface area contributed by atoms with Crippen molar-refractivity contribution < 1.29 is 31.1 Å². The van der Waals surface area contributed by atoms with E-state index >= 15 is 0 Å². The molecule has 1 atom stereocenters. The average molecular weight is 446 g/mol. The van der Waals surface area contributed by atoms with Crippen LogP contribution < -0.4 is 14.4 Å². The van der Waals surface area contributed by atoms with E-state index in [0.717, 1.165) is 16.4 Å². The van der Waals surface area contributed by atoms with Crippen LogP contribution in [0.3, 0.4) is 0 Å². The molecule has 0 N–H and O–H groups in total. The molecular weight excluding hydrogens is 425 g/mol. The van der Waals surface area contributed by atoms with E-state index in [9.17, 15) is 21.6 Å². The summed E-state index contributed by atoms with van der Waals surface area (Å²) in [5.74, 6) is 0.111. The summed E-state index contributed by atoms with van der Waals surface area (Å²) < 4.78 is 74.8. The zero-order valence-corrected chi connectivity index (χ0v) is 17.2. The number of benzene rings is 1. The van der Waals surface area contributed by atoms with Crippen molar-refractivity contribution in [2.24, 2.45) is 0 Å². The van der Waals surface area contributed by atoms with Crippen LogP contribution >= 0.6 is 0 Å². The largest absolute Gasteiger partial charge is 0.573 e. The van der Waals surface area contributed by atoms with Gasteiger partial charge < -0.3 is 14.4 Å². The number of rotatable bonds is 6. The van der Waals surface area contributed by atoms with Gasteiger partial charge in [-0.3, -0.25) is 0 Å². The van der Waals surface area contributed by atoms with Gasteiger partial charge in [-0.1, -0.05) is 12.1 Å². The summed E-state index contributed by atoms with van der Waals surface area (Å²) in [4.78, 5) is 1.23. The fraction of sp³-hybridized carbons (Fsp3) is 0.444. The molecule has 0 amide bonds. The first-order chi connectivity index (χ1) is 14.1. The predicted octanol–water partition coefficient (Wildman–Crippen LogP) is 2.67. The third-order valence-corrected chi connectivity index (χ3v) is 6.31. The van der Waals surface area contributed by atoms with Gasteiger partial charge in [0.05, 0.1) is 6.54 Å². The van der Waals surface area contributed by atoms with Crippen LogP contribution in [0.2, 0.25) is 0 Å². The van der Waals surface area contributed by atoms with Crippen molar-refractivity contribution in [3.8, 4) is 11.6 Å². The number of hydrogen-bond acceptors (Lipinski definition) is 7. The molecular formula is C18H21F3N4O4S. The second-order valence-electron chi connectivity index (χ2n) is 6.86. The van der Waals surface area contributed by atoms with Gasteiger partial charge in [-0.05, 0) is 31.0 Å². The molecule has 2 heterocycles. The van der Waals surface area contributed by atoms with Gasteiger partial charge in [0.25, 0.3) is 0 Å². The monoisotopic (exact) mass is 446 g/mol. The molecule has 0 radical (unpaired) electrons. The van der Waals surface area contributed by atoms with E-state index in [1.165, 1.54) is 12.1 Å². The summed E-state index contributed by atoms with van der Waals surface area (Å²) in [7, 11) is -0.594. The van der Waals surface area contributed by atoms with Crippen molar-refractivity contribution in [1.29, 1.82) is 0 Å². The molecule has 1 aliphatic rings. The van der Waals surface area contributed by atoms with E-state index in [-0.39, 0.29) is 19.0 Å². The topological polar surface area (TPSA) is 84.9 Å². The zero-order valence-electron chi connectivity index (χ0n) is 16.3. The van der Waals surface area contributed by atoms with E-state index in [1.807, 2.05) is 14.1 Å². The molecule has 1 fully saturated rings. The summed E-state index contributed by atoms with van der Waals surface area (Å²) in [6, 6.07) is 8.02. The number of ether oxygens (including phenoxy) is 2. The van der Waals surface area contributed by atoms with Crippen LogP contribution in [0.25, 0.3) is 0 Å². The normalized spacial score (nSPS) is 18.1. The Morgan fingerprint density at radius 3 is 2.50 bits per heavy atom. The lowest BCUT2D eigenvalue weighted by atomic mass is 10.1. The summed E-state index contributed by atoms with van der Waals surface area (Å²) >= 11 is 0. The summed E-state index contributed by atoms with van der Waals surface area (Å²) in [5, 5.41) is 7.97. The molecule has 1 aromatic heterocycles. The predicted molar refractivity (Wildman–Crippen MR) is 102 cm³/mol. The Labute approximate surface area is 172 Å². The quantitative estimate of drug-likeness (QED) is 0.675. The molecule has 1 saturated heterocycles. The van der Waals surface area contributed by atoms with E-state index in [4.69, 9.17) is 4.74 Å². The van der Waals surface area contributed by atoms with E-state index in [2.05, 4.69) is 14.9 Å². The third kappa shape index (κ3) is 5.30. The maximum atomic E-state index is 13.0. The van der Waals surface area contributed by atoms with Crippen molar-refractivity contribution in [1.82, 2.24) is 14.5 Å². The average Bonchev–Trinajstić information content (AvgIpc) is 2.68. The molecule has 3 rings (SSSR count). The van der Waals surface area contributed by atoms with Gasteiger partial charge in [0.15, 0.2) is 5.82 Å². The number of hydrogen-bond donors (Lipinski definition) is 0. The number of piperidine rings is 1. The number of aromatic nitrogens is 2. The minimum absolute atomic E-state index is 0.0280. The molecule has 0 saturated carbocycles. The van der Waals surface area contributed by atoms with Crippen LogP contribution in [0.5, 0.6) is 11.6 Å². The molecule has 164 valence electrons. The minimum atomic E-state index is -5.00. The van der Waals surface area contributed by atoms with Crippen LogP contribution in [0, 0.1) is 0 Å². The second-order valence-corrected chi connectivity index (χ2v) is 8.77. The first-order valence-electron chi connectivity index (χ1n) is 9.09. The van der Waals surface area contributed by atoms with Gasteiger partial charge in [0.1, 0.15) is 16.7 Å². The van der Waals surface area contributed by atoms with Crippen molar-refractivity contribution in [2.45, 2.75) is 30.2 Å². The van der Waals surface area contributed by atoms with Gasteiger partial charge >= 0.3 is 6.36 Å². The van der Waals surface area contributed by atoms with Crippen molar-refractivity contribution in [2.75, 3.05) is 32.1 Å². The molecule has 1 unspecified atom stereocenters. The number of nitrogens with zero attached hydrogens (tertiary/aromatic N) is 4. The Balaban J connectivity index is 1.76. The molecule has 1 aliphatic heterocycles. The summed E-state index contributed by atoms with van der Waals surface area (Å²) in [6.45, 7) is 0.133. The molecule has 1 aromatic carbocycles. The number of para-hydroxylation sites is 1. The first-order valence-corrected chi connectivity index (χ1v) is 10.5. The second kappa shape index (κ2) is 8.64. The van der Waals surface area contributed by atoms with Crippen LogP contribution in [0.4, 0.5) is 19.0 Å². The Morgan fingerprint density at radius 1 is 1.13 bits per heavy atom. The highest BCUT2D eigenvalue weighted by Gasteiger charge is 2.37. The SMILES string of the molecule is CN(C)c1ccc(OC2CCCN(S(=O)(=O)c3ccccc3OC(F)(F)F)C2)nn1. The highest BCUT2D eigenvalue weighted by molar-refractivity contribution is 7.89. The number of alkyl halides is 3. The van der Waals surface area contributed by atoms with Gasteiger partial charge in [0, 0.05) is 26.7 Å². The van der Waals surface area contributed by atoms with Gasteiger partial charge in [0.2, 0.25) is 15.9 Å². The highest BCUT2D eigenvalue weighted by atomic mass is 32.2. The number of anilines is 1. The Morgan fingerprint density at radius 2 is 1.87 bits per heavy atom. The lowest BCUT2D eigenvalue weighted by molar-refractivity contribution is -0.275. The van der Waals surface area contributed by atoms with Gasteiger partial charge in [-0.15, -0.1) is 23.4 Å². The van der Waals surface area contributed by atoms with Gasteiger partial charge in [-0.25, -0.2) is 8.42 Å². The smallest absolute Gasteiger partial charge is 0.472 e. The lowest BCUT2D eigenvalue weighted by Crippen LogP contribution is -2.44. The molecule has 0 spiro atoms. The van der Waals surface area contributed by atoms with Crippen LogP contribution in [-0.4, -0.2) is 62.6 Å². The molecule has 30 heavy (non-hydrogen) atoms. The Bertz CT molecular complexity index is 968. The van der Waals surface area contributed by atoms with Crippen molar-refractivity contribution in [3.05, 3.63) is 36.4 Å². The van der Waals surface area contributed by atoms with Crippen molar-refractivity contribution >= 4 is 15.8 Å². The minimum Gasteiger partial charge on any atom is -0.472 e. The fourth-order valence-corrected chi connectivity index (χ4v) is 4.64. The summed E-state index contributed by atoms with van der Waals surface area (Å²) in [6.07, 6.45) is -4.46. The Hall–Kier alpha value is -2.60. The molecule has 2 aromatic rings. The number of sulfonamides is 1. The van der Waals surface area contributed by atoms with Crippen LogP contribution in [-0.2, 0) is 10.0 Å². The van der Waals surface area contributed by atoms with E-state index in [1.54, 1.807) is 17.0 Å². The standard InChI is InChI=1S/C18H21F3N4O4S/c1-24(2)16-9-10-17(23-22-16)28-13-6-5-11-25(12-13)30(26,27)15-8-4-3-7-14(15)29-18(19,20)21/h3-4,7-10,13H,5-6,11-12H2,1-2H3. The first kappa shape index (κ1) is 22.1. The Kier molecular flexibility index (Phi) is 6.36. The molecule has 0 aliphatic carbocycles. The van der Waals surface area contributed by atoms with E-state index in [0.29, 0.717) is 18.7 Å². The lowest BCUT2D eigenvalue weighted by Gasteiger charge is -2.32. The third-order valence-electron chi connectivity index (χ3n) is 4.41. The van der Waals surface area contributed by atoms with Crippen molar-refractivity contribution in [3.63, 3.8) is 0 Å². The summed E-state index contributed by atoms with van der Waals surface area (Å²) in [5.41, 5.74) is 0. The van der Waals surface area contributed by atoms with Crippen LogP contribution in [0.15, 0.2) is 41.3 Å².